The lowest BCUT2D eigenvalue weighted by atomic mass is 9.97. The summed E-state index contributed by atoms with van der Waals surface area (Å²) in [6.07, 6.45) is 4.82. The van der Waals surface area contributed by atoms with E-state index < -0.39 is 0 Å². The van der Waals surface area contributed by atoms with Crippen molar-refractivity contribution in [1.29, 1.82) is 0 Å². The molecule has 2 aromatic carbocycles. The Labute approximate surface area is 274 Å². The Morgan fingerprint density at radius 1 is 1.15 bits per heavy atom. The van der Waals surface area contributed by atoms with Gasteiger partial charge in [-0.25, -0.2) is 0 Å². The number of likely N-dealkylation sites (N-methyl/N-ethyl adjacent to an activating group) is 1. The average molecular weight is 643 g/mol. The fraction of sp³-hybridized carbons (Fsp3) is 0.314. The number of aliphatic hydroxyl groups excluding tert-OH is 1. The Morgan fingerprint density at radius 2 is 2.00 bits per heavy atom. The largest absolute Gasteiger partial charge is 0.496 e. The normalized spacial score (nSPS) is 14.4. The maximum atomic E-state index is 13.1. The molecule has 0 saturated carbocycles. The molecule has 46 heavy (non-hydrogen) atoms. The summed E-state index contributed by atoms with van der Waals surface area (Å²) in [5, 5.41) is 19.0. The molecular weight excluding hydrogens is 604 g/mol. The van der Waals surface area contributed by atoms with Gasteiger partial charge in [-0.1, -0.05) is 41.9 Å². The van der Waals surface area contributed by atoms with Crippen LogP contribution in [0.1, 0.15) is 40.0 Å². The second-order valence-corrected chi connectivity index (χ2v) is 11.8. The first-order chi connectivity index (χ1) is 22.3. The Morgan fingerprint density at radius 3 is 2.72 bits per heavy atom. The summed E-state index contributed by atoms with van der Waals surface area (Å²) in [5.74, 6) is 0.501. The van der Waals surface area contributed by atoms with Crippen molar-refractivity contribution >= 4 is 29.1 Å². The minimum Gasteiger partial charge on any atom is -0.496 e. The van der Waals surface area contributed by atoms with E-state index in [1.54, 1.807) is 25.6 Å². The molecule has 0 spiro atoms. The third-order valence-electron chi connectivity index (χ3n) is 8.10. The van der Waals surface area contributed by atoms with Gasteiger partial charge in [0.05, 0.1) is 24.4 Å². The summed E-state index contributed by atoms with van der Waals surface area (Å²) in [6.45, 7) is 4.50. The van der Waals surface area contributed by atoms with Crippen LogP contribution < -0.4 is 20.7 Å². The number of amides is 2. The summed E-state index contributed by atoms with van der Waals surface area (Å²) in [4.78, 5) is 35.5. The molecule has 1 saturated heterocycles. The molecular formula is C35H39ClN6O4. The van der Waals surface area contributed by atoms with Crippen molar-refractivity contribution in [3.63, 3.8) is 0 Å². The average Bonchev–Trinajstić information content (AvgIpc) is 3.47. The number of hydrogen-bond acceptors (Lipinski definition) is 8. The lowest BCUT2D eigenvalue weighted by Crippen LogP contribution is -2.35. The van der Waals surface area contributed by atoms with Crippen LogP contribution in [0.5, 0.6) is 5.75 Å². The fourth-order valence-electron chi connectivity index (χ4n) is 5.57. The van der Waals surface area contributed by atoms with Gasteiger partial charge in [0.15, 0.2) is 0 Å². The van der Waals surface area contributed by atoms with Gasteiger partial charge in [-0.05, 0) is 61.3 Å². The number of carbonyl (C=O) groups is 2. The first-order valence-corrected chi connectivity index (χ1v) is 15.6. The molecule has 4 N–H and O–H groups in total. The molecule has 10 nitrogen and oxygen atoms in total. The minimum atomic E-state index is -0.313. The van der Waals surface area contributed by atoms with Crippen molar-refractivity contribution in [3.05, 3.63) is 94.4 Å². The summed E-state index contributed by atoms with van der Waals surface area (Å²) in [6, 6.07) is 17.2. The number of halogens is 1. The molecule has 11 heteroatoms. The molecule has 1 atom stereocenters. The van der Waals surface area contributed by atoms with Gasteiger partial charge in [0.1, 0.15) is 11.4 Å². The van der Waals surface area contributed by atoms with Gasteiger partial charge < -0.3 is 25.8 Å². The maximum Gasteiger partial charge on any atom is 0.274 e. The van der Waals surface area contributed by atoms with E-state index in [4.69, 9.17) is 21.4 Å². The van der Waals surface area contributed by atoms with Crippen LogP contribution in [0.2, 0.25) is 5.02 Å². The minimum absolute atomic E-state index is 0.0828. The van der Waals surface area contributed by atoms with E-state index in [9.17, 15) is 9.59 Å². The van der Waals surface area contributed by atoms with Crippen LogP contribution >= 0.6 is 11.6 Å². The fourth-order valence-corrected chi connectivity index (χ4v) is 5.89. The molecule has 1 aliphatic rings. The van der Waals surface area contributed by atoms with E-state index in [2.05, 4.69) is 25.9 Å². The zero-order valence-electron chi connectivity index (χ0n) is 26.3. The first kappa shape index (κ1) is 33.0. The van der Waals surface area contributed by atoms with Crippen molar-refractivity contribution in [2.75, 3.05) is 39.2 Å². The quantitative estimate of drug-likeness (QED) is 0.163. The van der Waals surface area contributed by atoms with Crippen LogP contribution in [0.15, 0.2) is 67.0 Å². The lowest BCUT2D eigenvalue weighted by molar-refractivity contribution is -0.119. The van der Waals surface area contributed by atoms with Crippen LogP contribution in [0, 0.1) is 6.92 Å². The third kappa shape index (κ3) is 7.89. The summed E-state index contributed by atoms with van der Waals surface area (Å²) in [7, 11) is 3.55. The number of benzene rings is 2. The number of ether oxygens (including phenoxy) is 1. The van der Waals surface area contributed by atoms with E-state index in [-0.39, 0.29) is 24.5 Å². The number of hydrogen-bond donors (Lipinski definition) is 4. The molecule has 4 aromatic rings. The smallest absolute Gasteiger partial charge is 0.274 e. The van der Waals surface area contributed by atoms with Gasteiger partial charge in [-0.15, -0.1) is 0 Å². The van der Waals surface area contributed by atoms with Crippen LogP contribution in [0.4, 0.5) is 5.69 Å². The summed E-state index contributed by atoms with van der Waals surface area (Å²) >= 11 is 7.01. The SMILES string of the molecule is COc1cc(-c2nccc(-c3cccc(NC(=O)c4ccc(CN(C)CCO)cn4)c3C)c2Cl)ccc1CNC[C@@H]1CCC(=O)N1. The summed E-state index contributed by atoms with van der Waals surface area (Å²) in [5.41, 5.74) is 6.85. The molecule has 1 fully saturated rings. The Kier molecular flexibility index (Phi) is 11.0. The number of rotatable bonds is 13. The molecule has 3 heterocycles. The number of nitrogens with zero attached hydrogens (tertiary/aromatic N) is 3. The van der Waals surface area contributed by atoms with E-state index in [1.807, 2.05) is 67.4 Å². The van der Waals surface area contributed by atoms with Crippen molar-refractivity contribution in [1.82, 2.24) is 25.5 Å². The topological polar surface area (TPSA) is 129 Å². The van der Waals surface area contributed by atoms with Crippen molar-refractivity contribution in [3.8, 4) is 28.1 Å². The Bertz CT molecular complexity index is 1700. The number of aliphatic hydroxyl groups is 1. The van der Waals surface area contributed by atoms with E-state index in [0.717, 1.165) is 39.8 Å². The molecule has 0 aliphatic carbocycles. The highest BCUT2D eigenvalue weighted by Gasteiger charge is 2.21. The van der Waals surface area contributed by atoms with Gasteiger partial charge in [0.2, 0.25) is 5.91 Å². The maximum absolute atomic E-state index is 13.1. The van der Waals surface area contributed by atoms with Crippen LogP contribution in [0.3, 0.4) is 0 Å². The lowest BCUT2D eigenvalue weighted by Gasteiger charge is -2.17. The van der Waals surface area contributed by atoms with Crippen LogP contribution in [-0.4, -0.2) is 71.7 Å². The monoisotopic (exact) mass is 642 g/mol. The second kappa shape index (κ2) is 15.3. The number of anilines is 1. The molecule has 2 amide bonds. The van der Waals surface area contributed by atoms with Gasteiger partial charge in [0, 0.05) is 73.4 Å². The van der Waals surface area contributed by atoms with E-state index >= 15 is 0 Å². The first-order valence-electron chi connectivity index (χ1n) is 15.2. The van der Waals surface area contributed by atoms with Gasteiger partial charge in [0.25, 0.3) is 5.91 Å². The van der Waals surface area contributed by atoms with Gasteiger partial charge >= 0.3 is 0 Å². The Hall–Kier alpha value is -4.35. The number of carbonyl (C=O) groups excluding carboxylic acids is 2. The molecule has 2 aromatic heterocycles. The molecule has 0 unspecified atom stereocenters. The third-order valence-corrected chi connectivity index (χ3v) is 8.49. The number of methoxy groups -OCH3 is 1. The number of nitrogens with one attached hydrogen (secondary N) is 3. The zero-order valence-corrected chi connectivity index (χ0v) is 27.0. The number of aromatic nitrogens is 2. The van der Waals surface area contributed by atoms with Crippen LogP contribution in [0.25, 0.3) is 22.4 Å². The molecule has 5 rings (SSSR count). The highest BCUT2D eigenvalue weighted by Crippen LogP contribution is 2.39. The van der Waals surface area contributed by atoms with Crippen LogP contribution in [-0.2, 0) is 17.9 Å². The number of pyridine rings is 2. The predicted molar refractivity (Wildman–Crippen MR) is 180 cm³/mol. The van der Waals surface area contributed by atoms with Crippen molar-refractivity contribution < 1.29 is 19.4 Å². The molecule has 240 valence electrons. The van der Waals surface area contributed by atoms with E-state index in [1.165, 1.54) is 0 Å². The molecule has 0 radical (unpaired) electrons. The highest BCUT2D eigenvalue weighted by molar-refractivity contribution is 6.35. The highest BCUT2D eigenvalue weighted by atomic mass is 35.5. The standard InChI is InChI=1S/C35H39ClN6O4/c1-22-27(5-4-6-29(22)41-35(45)30-11-7-23(18-39-30)21-42(2)15-16-43)28-13-14-38-34(33(28)36)24-8-9-25(31(17-24)46-3)19-37-20-26-10-12-32(44)40-26/h4-9,11,13-14,17-18,26,37,43H,10,12,15-16,19-21H2,1-3H3,(H,40,44)(H,41,45)/t26-/m0/s1. The van der Waals surface area contributed by atoms with Gasteiger partial charge in [-0.3, -0.25) is 24.5 Å². The van der Waals surface area contributed by atoms with Gasteiger partial charge in [-0.2, -0.15) is 0 Å². The van der Waals surface area contributed by atoms with Crippen molar-refractivity contribution in [2.45, 2.75) is 38.9 Å². The van der Waals surface area contributed by atoms with E-state index in [0.29, 0.717) is 60.4 Å². The molecule has 0 bridgehead atoms. The second-order valence-electron chi connectivity index (χ2n) is 11.4. The summed E-state index contributed by atoms with van der Waals surface area (Å²) < 4.78 is 5.71. The zero-order chi connectivity index (χ0) is 32.6. The molecule has 1 aliphatic heterocycles. The Balaban J connectivity index is 1.31. The van der Waals surface area contributed by atoms with Crippen molar-refractivity contribution in [2.24, 2.45) is 0 Å². The predicted octanol–water partition coefficient (Wildman–Crippen LogP) is 4.83.